The minimum Gasteiger partial charge on any atom is -0.487 e. The quantitative estimate of drug-likeness (QED) is 0.742. The van der Waals surface area contributed by atoms with E-state index in [9.17, 15) is 4.79 Å². The highest BCUT2D eigenvalue weighted by molar-refractivity contribution is 5.68. The lowest BCUT2D eigenvalue weighted by Crippen LogP contribution is -2.42. The second kappa shape index (κ2) is 9.09. The smallest absolute Gasteiger partial charge is 0.410 e. The number of hydrogen-bond donors (Lipinski definition) is 0. The lowest BCUT2D eigenvalue weighted by molar-refractivity contribution is 0.0184. The molecule has 5 heteroatoms. The molecule has 0 bridgehead atoms. The van der Waals surface area contributed by atoms with Gasteiger partial charge in [0.15, 0.2) is 0 Å². The van der Waals surface area contributed by atoms with E-state index in [-0.39, 0.29) is 6.09 Å². The molecule has 0 N–H and O–H groups in total. The zero-order chi connectivity index (χ0) is 20.0. The highest BCUT2D eigenvalue weighted by Gasteiger charge is 2.27. The maximum Gasteiger partial charge on any atom is 0.410 e. The zero-order valence-corrected chi connectivity index (χ0v) is 17.1. The molecule has 5 nitrogen and oxygen atoms in total. The van der Waals surface area contributed by atoms with E-state index in [1.807, 2.05) is 68.1 Å². The number of pyridine rings is 1. The van der Waals surface area contributed by atoms with Crippen LogP contribution in [-0.2, 0) is 17.8 Å². The Hall–Kier alpha value is -2.56. The third kappa shape index (κ3) is 6.25. The van der Waals surface area contributed by atoms with Crippen molar-refractivity contribution in [3.63, 3.8) is 0 Å². The molecular weight excluding hydrogens is 352 g/mol. The standard InChI is InChI=1S/C23H30N2O3/c1-23(2,3)28-22(26)25-13-11-18(12-14-25)15-20-9-10-21(16-24-20)27-17-19-7-5-4-6-8-19/h4-10,16,18H,11-15,17H2,1-3H3. The van der Waals surface area contributed by atoms with Crippen molar-refractivity contribution in [2.24, 2.45) is 5.92 Å². The van der Waals surface area contributed by atoms with E-state index < -0.39 is 5.60 Å². The van der Waals surface area contributed by atoms with Gasteiger partial charge in [-0.15, -0.1) is 0 Å². The molecule has 0 radical (unpaired) electrons. The minimum atomic E-state index is -0.442. The number of ether oxygens (including phenoxy) is 2. The van der Waals surface area contributed by atoms with E-state index in [1.54, 1.807) is 6.20 Å². The molecule has 1 amide bonds. The maximum atomic E-state index is 12.2. The van der Waals surface area contributed by atoms with E-state index in [0.29, 0.717) is 12.5 Å². The molecule has 1 aliphatic heterocycles. The van der Waals surface area contributed by atoms with Crippen molar-refractivity contribution in [3.05, 3.63) is 59.9 Å². The number of carbonyl (C=O) groups excluding carboxylic acids is 1. The number of benzene rings is 1. The van der Waals surface area contributed by atoms with Crippen LogP contribution in [0.25, 0.3) is 0 Å². The summed E-state index contributed by atoms with van der Waals surface area (Å²) >= 11 is 0. The second-order valence-electron chi connectivity index (χ2n) is 8.37. The summed E-state index contributed by atoms with van der Waals surface area (Å²) in [5, 5.41) is 0. The first-order valence-electron chi connectivity index (χ1n) is 9.98. The van der Waals surface area contributed by atoms with Crippen LogP contribution in [-0.4, -0.2) is 34.7 Å². The van der Waals surface area contributed by atoms with Crippen molar-refractivity contribution in [1.82, 2.24) is 9.88 Å². The Morgan fingerprint density at radius 2 is 1.82 bits per heavy atom. The molecule has 3 rings (SSSR count). The van der Waals surface area contributed by atoms with Crippen LogP contribution >= 0.6 is 0 Å². The highest BCUT2D eigenvalue weighted by atomic mass is 16.6. The number of piperidine rings is 1. The Balaban J connectivity index is 1.43. The van der Waals surface area contributed by atoms with Gasteiger partial charge in [-0.05, 0) is 63.6 Å². The fraction of sp³-hybridized carbons (Fsp3) is 0.478. The third-order valence-corrected chi connectivity index (χ3v) is 4.81. The summed E-state index contributed by atoms with van der Waals surface area (Å²) in [4.78, 5) is 18.5. The number of nitrogens with zero attached hydrogens (tertiary/aromatic N) is 2. The SMILES string of the molecule is CC(C)(C)OC(=O)N1CCC(Cc2ccc(OCc3ccccc3)cn2)CC1. The number of likely N-dealkylation sites (tertiary alicyclic amines) is 1. The fourth-order valence-corrected chi connectivity index (χ4v) is 3.30. The molecule has 0 aliphatic carbocycles. The molecule has 0 spiro atoms. The van der Waals surface area contributed by atoms with Gasteiger partial charge in [-0.1, -0.05) is 30.3 Å². The molecule has 1 aromatic carbocycles. The van der Waals surface area contributed by atoms with Gasteiger partial charge in [0.2, 0.25) is 0 Å². The maximum absolute atomic E-state index is 12.2. The zero-order valence-electron chi connectivity index (χ0n) is 17.1. The first-order valence-corrected chi connectivity index (χ1v) is 9.98. The van der Waals surface area contributed by atoms with Crippen molar-refractivity contribution in [2.45, 2.75) is 52.2 Å². The number of rotatable bonds is 5. The fourth-order valence-electron chi connectivity index (χ4n) is 3.30. The van der Waals surface area contributed by atoms with Crippen LogP contribution in [0.15, 0.2) is 48.7 Å². The van der Waals surface area contributed by atoms with Crippen LogP contribution in [0.4, 0.5) is 4.79 Å². The van der Waals surface area contributed by atoms with Gasteiger partial charge in [0.25, 0.3) is 0 Å². The average Bonchev–Trinajstić information content (AvgIpc) is 2.67. The molecule has 2 heterocycles. The van der Waals surface area contributed by atoms with E-state index in [1.165, 1.54) is 0 Å². The summed E-state index contributed by atoms with van der Waals surface area (Å²) in [6.07, 6.45) is 4.49. The Kier molecular flexibility index (Phi) is 6.55. The van der Waals surface area contributed by atoms with Crippen LogP contribution < -0.4 is 4.74 Å². The monoisotopic (exact) mass is 382 g/mol. The van der Waals surface area contributed by atoms with Crippen LogP contribution in [0, 0.1) is 5.92 Å². The van der Waals surface area contributed by atoms with Gasteiger partial charge in [0.1, 0.15) is 18.0 Å². The molecule has 0 saturated carbocycles. The Labute approximate surface area is 167 Å². The van der Waals surface area contributed by atoms with Gasteiger partial charge in [-0.25, -0.2) is 4.79 Å². The first kappa shape index (κ1) is 20.2. The lowest BCUT2D eigenvalue weighted by atomic mass is 9.92. The molecule has 1 fully saturated rings. The van der Waals surface area contributed by atoms with Gasteiger partial charge in [-0.2, -0.15) is 0 Å². The van der Waals surface area contributed by atoms with Crippen LogP contribution in [0.1, 0.15) is 44.9 Å². The Morgan fingerprint density at radius 1 is 1.11 bits per heavy atom. The van der Waals surface area contributed by atoms with Crippen molar-refractivity contribution < 1.29 is 14.3 Å². The Bertz CT molecular complexity index is 746. The summed E-state index contributed by atoms with van der Waals surface area (Å²) < 4.78 is 11.3. The van der Waals surface area contributed by atoms with Crippen LogP contribution in [0.5, 0.6) is 5.75 Å². The minimum absolute atomic E-state index is 0.205. The summed E-state index contributed by atoms with van der Waals surface area (Å²) in [7, 11) is 0. The second-order valence-corrected chi connectivity index (χ2v) is 8.37. The van der Waals surface area contributed by atoms with Crippen LogP contribution in [0.3, 0.4) is 0 Å². The van der Waals surface area contributed by atoms with Gasteiger partial charge in [-0.3, -0.25) is 4.98 Å². The Morgan fingerprint density at radius 3 is 2.43 bits per heavy atom. The predicted octanol–water partition coefficient (Wildman–Crippen LogP) is 4.85. The van der Waals surface area contributed by atoms with Gasteiger partial charge >= 0.3 is 6.09 Å². The van der Waals surface area contributed by atoms with E-state index in [4.69, 9.17) is 9.47 Å². The molecule has 0 atom stereocenters. The van der Waals surface area contributed by atoms with E-state index in [0.717, 1.165) is 49.4 Å². The molecule has 1 aromatic heterocycles. The predicted molar refractivity (Wildman–Crippen MR) is 109 cm³/mol. The van der Waals surface area contributed by atoms with Crippen molar-refractivity contribution in [3.8, 4) is 5.75 Å². The molecule has 0 unspecified atom stereocenters. The summed E-state index contributed by atoms with van der Waals surface area (Å²) in [5.74, 6) is 1.33. The van der Waals surface area contributed by atoms with E-state index in [2.05, 4.69) is 4.98 Å². The highest BCUT2D eigenvalue weighted by Crippen LogP contribution is 2.23. The van der Waals surface area contributed by atoms with Crippen molar-refractivity contribution in [1.29, 1.82) is 0 Å². The number of carbonyl (C=O) groups is 1. The molecule has 1 aliphatic rings. The number of amides is 1. The van der Waals surface area contributed by atoms with Gasteiger partial charge in [0.05, 0.1) is 6.20 Å². The first-order chi connectivity index (χ1) is 13.4. The average molecular weight is 383 g/mol. The topological polar surface area (TPSA) is 51.7 Å². The van der Waals surface area contributed by atoms with Gasteiger partial charge < -0.3 is 14.4 Å². The molecular formula is C23H30N2O3. The lowest BCUT2D eigenvalue weighted by Gasteiger charge is -2.33. The van der Waals surface area contributed by atoms with Crippen molar-refractivity contribution >= 4 is 6.09 Å². The molecule has 28 heavy (non-hydrogen) atoms. The number of hydrogen-bond acceptors (Lipinski definition) is 4. The van der Waals surface area contributed by atoms with Gasteiger partial charge in [0, 0.05) is 18.8 Å². The number of aromatic nitrogens is 1. The molecule has 1 saturated heterocycles. The van der Waals surface area contributed by atoms with Crippen molar-refractivity contribution in [2.75, 3.05) is 13.1 Å². The normalized spacial score (nSPS) is 15.3. The largest absolute Gasteiger partial charge is 0.487 e. The van der Waals surface area contributed by atoms with Crippen LogP contribution in [0.2, 0.25) is 0 Å². The molecule has 2 aromatic rings. The molecule has 150 valence electrons. The van der Waals surface area contributed by atoms with E-state index >= 15 is 0 Å². The summed E-state index contributed by atoms with van der Waals surface area (Å²) in [6, 6.07) is 14.1. The third-order valence-electron chi connectivity index (χ3n) is 4.81. The summed E-state index contributed by atoms with van der Waals surface area (Å²) in [5.41, 5.74) is 1.77. The summed E-state index contributed by atoms with van der Waals surface area (Å²) in [6.45, 7) is 7.74.